The number of carboxylic acid groups (broad SMARTS) is 2. The first-order valence-electron chi connectivity index (χ1n) is 20.9. The molecule has 0 aliphatic heterocycles. The van der Waals surface area contributed by atoms with Crippen LogP contribution >= 0.6 is 0 Å². The molecule has 6 rings (SSSR count). The van der Waals surface area contributed by atoms with E-state index in [-0.39, 0.29) is 111 Å². The maximum atomic E-state index is 13.4. The Labute approximate surface area is 449 Å². The molecule has 6 aromatic rings. The summed E-state index contributed by atoms with van der Waals surface area (Å²) in [6, 6.07) is 35.3. The summed E-state index contributed by atoms with van der Waals surface area (Å²) >= 11 is 0. The third-order valence-corrected chi connectivity index (χ3v) is 13.7. The normalized spacial score (nSPS) is 11.5. The van der Waals surface area contributed by atoms with Crippen LogP contribution in [-0.4, -0.2) is 66.0 Å². The van der Waals surface area contributed by atoms with Gasteiger partial charge in [0.2, 0.25) is 20.0 Å². The van der Waals surface area contributed by atoms with Gasteiger partial charge < -0.3 is 34.8 Å². The minimum atomic E-state index is -3.85. The summed E-state index contributed by atoms with van der Waals surface area (Å²) in [5.41, 5.74) is 5.31. The molecule has 0 radical (unpaired) electrons. The minimum Gasteiger partial charge on any atom is -0.546 e. The molecule has 0 aliphatic rings. The quantitative estimate of drug-likeness (QED) is 0.0943. The number of sulfonamides is 2. The van der Waals surface area contributed by atoms with Gasteiger partial charge in [0, 0.05) is 51.0 Å². The molecule has 2 heterocycles. The second-order valence-corrected chi connectivity index (χ2v) is 21.3. The Balaban J connectivity index is 0.000000454. The Bertz CT molecular complexity index is 2580. The molecule has 356 valence electrons. The number of aromatic nitrogens is 2. The summed E-state index contributed by atoms with van der Waals surface area (Å²) in [6.07, 6.45) is 5.69. The number of carboxylic acids is 2. The average Bonchev–Trinajstić information content (AvgIpc) is 3.28. The van der Waals surface area contributed by atoms with Gasteiger partial charge in [-0.25, -0.2) is 16.8 Å². The van der Waals surface area contributed by atoms with Crippen LogP contribution in [0.5, 0.6) is 11.5 Å². The predicted molar refractivity (Wildman–Crippen MR) is 249 cm³/mol. The van der Waals surface area contributed by atoms with Crippen LogP contribution in [0.2, 0.25) is 0 Å². The summed E-state index contributed by atoms with van der Waals surface area (Å²) in [7, 11) is -7.70. The molecule has 19 heteroatoms. The zero-order valence-corrected chi connectivity index (χ0v) is 45.9. The predicted octanol–water partition coefficient (Wildman–Crippen LogP) is -1.02. The van der Waals surface area contributed by atoms with E-state index in [4.69, 9.17) is 9.47 Å². The van der Waals surface area contributed by atoms with E-state index in [0.717, 1.165) is 22.3 Å². The zero-order valence-electron chi connectivity index (χ0n) is 40.3. The Morgan fingerprint density at radius 3 is 1.13 bits per heavy atom. The first-order chi connectivity index (χ1) is 31.1. The monoisotopic (exact) mass is 998 g/mol. The molecule has 0 amide bonds. The molecule has 15 nitrogen and oxygen atoms in total. The first-order valence-corrected chi connectivity index (χ1v) is 23.8. The number of aliphatic carboxylic acids is 2. The van der Waals surface area contributed by atoms with Gasteiger partial charge in [-0.15, -0.1) is 0 Å². The number of pyridine rings is 2. The molecule has 2 N–H and O–H groups in total. The van der Waals surface area contributed by atoms with Crippen LogP contribution in [0.15, 0.2) is 156 Å². The number of carbonyl (C=O) groups excluding carboxylic acids is 2. The Hall–Kier alpha value is -4.50. The summed E-state index contributed by atoms with van der Waals surface area (Å²) < 4.78 is 66.8. The molecule has 0 fully saturated rings. The fourth-order valence-corrected chi connectivity index (χ4v) is 9.30. The second kappa shape index (κ2) is 27.2. The Morgan fingerprint density at radius 2 is 0.841 bits per heavy atom. The van der Waals surface area contributed by atoms with Crippen LogP contribution in [0, 0.1) is 0 Å². The maximum absolute atomic E-state index is 13.4. The molecule has 4 aromatic carbocycles. The fraction of sp³-hybridized carbons (Fsp3) is 0.280. The zero-order chi connectivity index (χ0) is 48.1. The Morgan fingerprint density at radius 1 is 0.507 bits per heavy atom. The van der Waals surface area contributed by atoms with Crippen molar-refractivity contribution in [3.63, 3.8) is 0 Å². The van der Waals surface area contributed by atoms with Crippen molar-refractivity contribution in [2.75, 3.05) is 13.2 Å². The average molecular weight is 999 g/mol. The maximum Gasteiger partial charge on any atom is 1.00 e. The van der Waals surface area contributed by atoms with E-state index in [1.54, 1.807) is 60.7 Å². The number of carbonyl (C=O) groups is 2. The standard InChI is InChI=1S/2C25H28N2O5S.2Na.H2O/c2*1-25(2,3)21-11-9-19(10-12-21)16-27(33(30,31)23-8-5-13-26-15-23)17-20-6-4-7-22(14-20)32-18-24(28)29;;;/h2*4-15H,16-18H2,1-3H3,(H,28,29);;;1H2/q;;2*+1;/p-2. The van der Waals surface area contributed by atoms with E-state index in [2.05, 4.69) is 51.5 Å². The summed E-state index contributed by atoms with van der Waals surface area (Å²) in [5, 5.41) is 21.4. The fourth-order valence-electron chi connectivity index (χ4n) is 6.54. The summed E-state index contributed by atoms with van der Waals surface area (Å²) in [4.78, 5) is 29.5. The largest absolute Gasteiger partial charge is 1.00 e. The number of nitrogens with zero attached hydrogens (tertiary/aromatic N) is 4. The number of rotatable bonds is 18. The molecule has 0 saturated heterocycles. The van der Waals surface area contributed by atoms with Gasteiger partial charge in [0.15, 0.2) is 0 Å². The third-order valence-electron chi connectivity index (χ3n) is 10.1. The van der Waals surface area contributed by atoms with Crippen molar-refractivity contribution < 1.29 is 111 Å². The van der Waals surface area contributed by atoms with Crippen LogP contribution in [-0.2, 0) is 66.6 Å². The van der Waals surface area contributed by atoms with Crippen molar-refractivity contribution in [1.29, 1.82) is 0 Å². The van der Waals surface area contributed by atoms with Crippen LogP contribution in [0.4, 0.5) is 0 Å². The van der Waals surface area contributed by atoms with Gasteiger partial charge in [0.05, 0.1) is 11.9 Å². The molecule has 0 aliphatic carbocycles. The molecule has 0 unspecified atom stereocenters. The van der Waals surface area contributed by atoms with Gasteiger partial charge in [-0.2, -0.15) is 8.61 Å². The van der Waals surface area contributed by atoms with E-state index in [1.165, 1.54) is 45.5 Å². The number of hydrogen-bond donors (Lipinski definition) is 0. The minimum absolute atomic E-state index is 0. The van der Waals surface area contributed by atoms with Gasteiger partial charge in [0.1, 0.15) is 34.5 Å². The van der Waals surface area contributed by atoms with Gasteiger partial charge in [-0.05, 0) is 92.7 Å². The third kappa shape index (κ3) is 18.6. The van der Waals surface area contributed by atoms with Gasteiger partial charge in [-0.3, -0.25) is 9.97 Å². The van der Waals surface area contributed by atoms with Crippen molar-refractivity contribution in [3.8, 4) is 11.5 Å². The van der Waals surface area contributed by atoms with Crippen LogP contribution in [0.25, 0.3) is 0 Å². The van der Waals surface area contributed by atoms with Crippen molar-refractivity contribution in [3.05, 3.63) is 179 Å². The first kappa shape index (κ1) is 60.6. The van der Waals surface area contributed by atoms with Gasteiger partial charge in [0.25, 0.3) is 0 Å². The molecular formula is C50H56N4Na2O11S2. The van der Waals surface area contributed by atoms with E-state index in [9.17, 15) is 36.6 Å². The van der Waals surface area contributed by atoms with Crippen molar-refractivity contribution in [1.82, 2.24) is 18.6 Å². The van der Waals surface area contributed by atoms with Gasteiger partial charge in [-0.1, -0.05) is 114 Å². The van der Waals surface area contributed by atoms with E-state index in [0.29, 0.717) is 22.6 Å². The molecule has 0 spiro atoms. The van der Waals surface area contributed by atoms with E-state index < -0.39 is 45.2 Å². The summed E-state index contributed by atoms with van der Waals surface area (Å²) in [6.45, 7) is 12.0. The summed E-state index contributed by atoms with van der Waals surface area (Å²) in [5.74, 6) is -2.02. The topological polar surface area (TPSA) is 231 Å². The molecule has 69 heavy (non-hydrogen) atoms. The molecule has 0 atom stereocenters. The van der Waals surface area contributed by atoms with Crippen LogP contribution in [0.1, 0.15) is 74.9 Å². The van der Waals surface area contributed by atoms with E-state index >= 15 is 0 Å². The molecule has 0 bridgehead atoms. The smallest absolute Gasteiger partial charge is 0.546 e. The van der Waals surface area contributed by atoms with E-state index in [1.807, 2.05) is 48.5 Å². The molecular weight excluding hydrogens is 943 g/mol. The van der Waals surface area contributed by atoms with Crippen molar-refractivity contribution in [2.45, 2.75) is 88.3 Å². The molecule has 2 aromatic heterocycles. The van der Waals surface area contributed by atoms with Crippen LogP contribution in [0.3, 0.4) is 0 Å². The van der Waals surface area contributed by atoms with Crippen molar-refractivity contribution >= 4 is 32.0 Å². The number of hydrogen-bond acceptors (Lipinski definition) is 12. The van der Waals surface area contributed by atoms with Crippen LogP contribution < -0.4 is 78.8 Å². The second-order valence-electron chi connectivity index (χ2n) is 17.4. The number of ether oxygens (including phenoxy) is 2. The van der Waals surface area contributed by atoms with Crippen molar-refractivity contribution in [2.24, 2.45) is 0 Å². The number of benzene rings is 4. The van der Waals surface area contributed by atoms with Gasteiger partial charge >= 0.3 is 59.1 Å². The molecule has 0 saturated carbocycles. The SMILES string of the molecule is CC(C)(C)c1ccc(CN(Cc2cccc(OCC(=O)[O-])c2)S(=O)(=O)c2cccnc2)cc1.CC(C)(C)c1ccc(CN(Cc2cccc(OCC(=O)[O-])c2)S(=O)(=O)c2cccnc2)cc1.O.[Na+].[Na+]. The Kier molecular flexibility index (Phi) is 23.9.